The molecule has 0 fully saturated rings. The Kier molecular flexibility index (Phi) is 4.47. The first-order valence-electron chi connectivity index (χ1n) is 7.47. The van der Waals surface area contributed by atoms with Gasteiger partial charge in [-0.25, -0.2) is 0 Å². The molecule has 0 spiro atoms. The number of hydrogen-bond acceptors (Lipinski definition) is 5. The van der Waals surface area contributed by atoms with E-state index in [4.69, 9.17) is 4.42 Å². The molecule has 1 N–H and O–H groups in total. The summed E-state index contributed by atoms with van der Waals surface area (Å²) in [5, 5.41) is 14.0. The first-order valence-corrected chi connectivity index (χ1v) is 8.35. The summed E-state index contributed by atoms with van der Waals surface area (Å²) in [5.74, 6) is 1.91. The Labute approximate surface area is 123 Å². The van der Waals surface area contributed by atoms with Gasteiger partial charge in [0.25, 0.3) is 0 Å². The van der Waals surface area contributed by atoms with Gasteiger partial charge in [-0.15, -0.1) is 21.5 Å². The lowest BCUT2D eigenvalue weighted by Gasteiger charge is -2.18. The van der Waals surface area contributed by atoms with Gasteiger partial charge in [0.15, 0.2) is 0 Å². The summed E-state index contributed by atoms with van der Waals surface area (Å²) in [5.41, 5.74) is 1.41. The molecule has 0 saturated carbocycles. The lowest BCUT2D eigenvalue weighted by molar-refractivity contribution is 0.410. The molecular formula is C15H21N3OS. The third kappa shape index (κ3) is 2.94. The van der Waals surface area contributed by atoms with Gasteiger partial charge < -0.3 is 9.73 Å². The average molecular weight is 291 g/mol. The summed E-state index contributed by atoms with van der Waals surface area (Å²) < 4.78 is 5.88. The van der Waals surface area contributed by atoms with Crippen molar-refractivity contribution in [3.63, 3.8) is 0 Å². The topological polar surface area (TPSA) is 51.0 Å². The minimum Gasteiger partial charge on any atom is -0.425 e. The minimum absolute atomic E-state index is 0.319. The number of aryl methyl sites for hydroxylation is 2. The summed E-state index contributed by atoms with van der Waals surface area (Å²) >= 11 is 1.85. The lowest BCUT2D eigenvalue weighted by Crippen LogP contribution is -2.14. The molecule has 2 heterocycles. The summed E-state index contributed by atoms with van der Waals surface area (Å²) in [4.78, 5) is 1.49. The summed E-state index contributed by atoms with van der Waals surface area (Å²) in [7, 11) is 0. The Bertz CT molecular complexity index is 549. The van der Waals surface area contributed by atoms with Crippen LogP contribution in [0, 0.1) is 0 Å². The van der Waals surface area contributed by atoms with Gasteiger partial charge in [0.2, 0.25) is 11.8 Å². The standard InChI is InChI=1S/C15H21N3OS/c1-2-16-9-4-7-14-17-18-15(19-14)12-5-3-6-13-11(12)8-10-20-13/h8,10,12,16H,2-7,9H2,1H3. The molecule has 108 valence electrons. The van der Waals surface area contributed by atoms with Crippen molar-refractivity contribution >= 4 is 11.3 Å². The van der Waals surface area contributed by atoms with Crippen LogP contribution in [0.25, 0.3) is 0 Å². The zero-order chi connectivity index (χ0) is 13.8. The summed E-state index contributed by atoms with van der Waals surface area (Å²) in [6.45, 7) is 4.14. The highest BCUT2D eigenvalue weighted by Gasteiger charge is 2.27. The van der Waals surface area contributed by atoms with Crippen molar-refractivity contribution in [1.82, 2.24) is 15.5 Å². The van der Waals surface area contributed by atoms with Crippen molar-refractivity contribution in [2.75, 3.05) is 13.1 Å². The minimum atomic E-state index is 0.319. The van der Waals surface area contributed by atoms with E-state index < -0.39 is 0 Å². The molecule has 5 heteroatoms. The first-order chi connectivity index (χ1) is 9.88. The molecule has 1 unspecified atom stereocenters. The predicted molar refractivity (Wildman–Crippen MR) is 80.3 cm³/mol. The van der Waals surface area contributed by atoms with Crippen molar-refractivity contribution in [2.45, 2.75) is 44.9 Å². The van der Waals surface area contributed by atoms with E-state index in [1.165, 1.54) is 23.3 Å². The average Bonchev–Trinajstić information content (AvgIpc) is 3.12. The van der Waals surface area contributed by atoms with Crippen molar-refractivity contribution in [3.8, 4) is 0 Å². The molecule has 1 atom stereocenters. The molecule has 2 aromatic heterocycles. The molecule has 0 saturated heterocycles. The molecule has 0 aliphatic heterocycles. The van der Waals surface area contributed by atoms with E-state index in [9.17, 15) is 0 Å². The second-order valence-electron chi connectivity index (χ2n) is 5.24. The fourth-order valence-corrected chi connectivity index (χ4v) is 3.78. The number of rotatable bonds is 6. The van der Waals surface area contributed by atoms with Gasteiger partial charge in [-0.1, -0.05) is 6.92 Å². The van der Waals surface area contributed by atoms with Crippen LogP contribution in [0.3, 0.4) is 0 Å². The van der Waals surface area contributed by atoms with Crippen LogP contribution in [-0.4, -0.2) is 23.3 Å². The van der Waals surface area contributed by atoms with E-state index in [1.54, 1.807) is 0 Å². The number of nitrogens with zero attached hydrogens (tertiary/aromatic N) is 2. The smallest absolute Gasteiger partial charge is 0.224 e. The Morgan fingerprint density at radius 2 is 2.40 bits per heavy atom. The van der Waals surface area contributed by atoms with Crippen molar-refractivity contribution in [1.29, 1.82) is 0 Å². The van der Waals surface area contributed by atoms with Crippen molar-refractivity contribution in [3.05, 3.63) is 33.7 Å². The molecule has 20 heavy (non-hydrogen) atoms. The zero-order valence-corrected chi connectivity index (χ0v) is 12.7. The normalized spacial score (nSPS) is 18.1. The maximum atomic E-state index is 5.88. The first kappa shape index (κ1) is 13.8. The highest BCUT2D eigenvalue weighted by Crippen LogP contribution is 2.38. The number of fused-ring (bicyclic) bond motifs is 1. The van der Waals surface area contributed by atoms with Gasteiger partial charge in [0.05, 0.1) is 5.92 Å². The number of nitrogens with one attached hydrogen (secondary N) is 1. The second-order valence-corrected chi connectivity index (χ2v) is 6.24. The Morgan fingerprint density at radius 1 is 1.45 bits per heavy atom. The van der Waals surface area contributed by atoms with E-state index in [1.807, 2.05) is 11.3 Å². The SMILES string of the molecule is CCNCCCc1nnc(C2CCCc3sccc32)o1. The van der Waals surface area contributed by atoms with Gasteiger partial charge in [-0.2, -0.15) is 0 Å². The summed E-state index contributed by atoms with van der Waals surface area (Å²) in [6.07, 6.45) is 5.46. The molecule has 1 aliphatic carbocycles. The van der Waals surface area contributed by atoms with Crippen LogP contribution >= 0.6 is 11.3 Å². The number of aromatic nitrogens is 2. The van der Waals surface area contributed by atoms with Crippen LogP contribution < -0.4 is 5.32 Å². The van der Waals surface area contributed by atoms with Gasteiger partial charge in [-0.3, -0.25) is 0 Å². The zero-order valence-electron chi connectivity index (χ0n) is 11.9. The Morgan fingerprint density at radius 3 is 3.30 bits per heavy atom. The third-order valence-corrected chi connectivity index (χ3v) is 4.82. The van der Waals surface area contributed by atoms with Crippen molar-refractivity contribution in [2.24, 2.45) is 0 Å². The van der Waals surface area contributed by atoms with Crippen molar-refractivity contribution < 1.29 is 4.42 Å². The second kappa shape index (κ2) is 6.50. The highest BCUT2D eigenvalue weighted by atomic mass is 32.1. The molecule has 3 rings (SSSR count). The van der Waals surface area contributed by atoms with Gasteiger partial charge in [0, 0.05) is 11.3 Å². The Hall–Kier alpha value is -1.20. The Balaban J connectivity index is 1.66. The van der Waals surface area contributed by atoms with E-state index in [0.29, 0.717) is 5.92 Å². The quantitative estimate of drug-likeness (QED) is 0.831. The van der Waals surface area contributed by atoms with Crippen LogP contribution in [0.4, 0.5) is 0 Å². The molecule has 0 amide bonds. The number of hydrogen-bond donors (Lipinski definition) is 1. The monoisotopic (exact) mass is 291 g/mol. The van der Waals surface area contributed by atoms with Crippen LogP contribution in [0.1, 0.15) is 54.3 Å². The van der Waals surface area contributed by atoms with Gasteiger partial charge in [-0.05, 0) is 55.8 Å². The largest absolute Gasteiger partial charge is 0.425 e. The fraction of sp³-hybridized carbons (Fsp3) is 0.600. The van der Waals surface area contributed by atoms with E-state index >= 15 is 0 Å². The van der Waals surface area contributed by atoms with E-state index in [2.05, 4.69) is 33.9 Å². The fourth-order valence-electron chi connectivity index (χ4n) is 2.79. The van der Waals surface area contributed by atoms with Gasteiger partial charge >= 0.3 is 0 Å². The van der Waals surface area contributed by atoms with Crippen LogP contribution in [0.5, 0.6) is 0 Å². The lowest BCUT2D eigenvalue weighted by atomic mass is 9.88. The maximum absolute atomic E-state index is 5.88. The predicted octanol–water partition coefficient (Wildman–Crippen LogP) is 3.14. The molecule has 0 bridgehead atoms. The summed E-state index contributed by atoms with van der Waals surface area (Å²) in [6, 6.07) is 2.22. The molecule has 4 nitrogen and oxygen atoms in total. The molecule has 1 aliphatic rings. The molecule has 2 aromatic rings. The maximum Gasteiger partial charge on any atom is 0.224 e. The van der Waals surface area contributed by atoms with Gasteiger partial charge in [0.1, 0.15) is 0 Å². The van der Waals surface area contributed by atoms with E-state index in [0.717, 1.165) is 44.1 Å². The molecular weight excluding hydrogens is 270 g/mol. The molecule has 0 aromatic carbocycles. The molecule has 0 radical (unpaired) electrons. The highest BCUT2D eigenvalue weighted by molar-refractivity contribution is 7.10. The van der Waals surface area contributed by atoms with Crippen LogP contribution in [0.2, 0.25) is 0 Å². The number of thiophene rings is 1. The third-order valence-electron chi connectivity index (χ3n) is 3.83. The van der Waals surface area contributed by atoms with Crippen LogP contribution in [-0.2, 0) is 12.8 Å². The van der Waals surface area contributed by atoms with E-state index in [-0.39, 0.29) is 0 Å². The van der Waals surface area contributed by atoms with Crippen LogP contribution in [0.15, 0.2) is 15.9 Å².